The number of anilines is 1. The number of benzene rings is 2. The number of hydrogen-bond donors (Lipinski definition) is 1. The zero-order chi connectivity index (χ0) is 37.9. The van der Waals surface area contributed by atoms with E-state index in [0.717, 1.165) is 43.2 Å². The Balaban J connectivity index is 1.26. The van der Waals surface area contributed by atoms with Gasteiger partial charge in [-0.05, 0) is 78.9 Å². The molecule has 8 rings (SSSR count). The molecule has 3 aliphatic heterocycles. The zero-order valence-electron chi connectivity index (χ0n) is 31.2. The molecular formula is C42H44F2N6O3S. The van der Waals surface area contributed by atoms with E-state index in [9.17, 15) is 13.4 Å². The van der Waals surface area contributed by atoms with Gasteiger partial charge in [-0.25, -0.2) is 23.0 Å². The maximum Gasteiger partial charge on any atom is 0.255 e. The number of furan rings is 1. The Kier molecular flexibility index (Phi) is 9.38. The molecule has 5 heterocycles. The summed E-state index contributed by atoms with van der Waals surface area (Å²) in [6.07, 6.45) is 12.4. The summed E-state index contributed by atoms with van der Waals surface area (Å²) >= 11 is 0. The lowest BCUT2D eigenvalue weighted by Gasteiger charge is -2.51. The minimum Gasteiger partial charge on any atom is -0.455 e. The van der Waals surface area contributed by atoms with Crippen molar-refractivity contribution in [3.05, 3.63) is 95.6 Å². The number of likely N-dealkylation sites (tertiary alicyclic amines) is 1. The maximum absolute atomic E-state index is 15.5. The molecule has 9 nitrogen and oxygen atoms in total. The standard InChI is InChI=1S/C42H44F2N6O3S/c1-6-17-42(18-7-2)23-49(24-42)22-37-46-32-16-15-31(47-39(32)35-20-27-30(44)9-8-10-33(27)50(35)37)28-19-29-36(21-34(28)48(4)54(5)52)53-40(38(29)41(51)45-3)25-11-13-26(43)14-12-25/h8-16,19-21,27,30H,6-7,17-18,22-24H2,1-5H3,(H,45,51). The molecule has 4 aliphatic rings. The van der Waals surface area contributed by atoms with Gasteiger partial charge in [0.2, 0.25) is 0 Å². The minimum absolute atomic E-state index is 0.286. The molecule has 3 atom stereocenters. The molecule has 1 N–H and O–H groups in total. The SMILES string of the molecule is CCCC1(CCC)CN(CC2=Nc3ccc(-c4cc5c(C(=O)NC)c(-c6ccc(F)cc6)oc5cc4N(C)S(C)=O)nc3C3=CC4C(=CC=CC4F)N32)C1. The number of alkyl halides is 1. The number of amides is 1. The third-order valence-corrected chi connectivity index (χ3v) is 12.1. The molecule has 2 aromatic heterocycles. The number of fused-ring (bicyclic) bond motifs is 6. The largest absolute Gasteiger partial charge is 0.455 e. The number of halogens is 2. The molecule has 1 saturated heterocycles. The van der Waals surface area contributed by atoms with E-state index in [4.69, 9.17) is 14.4 Å². The first kappa shape index (κ1) is 36.1. The summed E-state index contributed by atoms with van der Waals surface area (Å²) in [7, 11) is 1.84. The Hall–Kier alpha value is -4.94. The van der Waals surface area contributed by atoms with Gasteiger partial charge in [-0.15, -0.1) is 0 Å². The Morgan fingerprint density at radius 1 is 1.11 bits per heavy atom. The highest BCUT2D eigenvalue weighted by molar-refractivity contribution is 7.85. The van der Waals surface area contributed by atoms with E-state index in [1.54, 1.807) is 55.0 Å². The van der Waals surface area contributed by atoms with Crippen molar-refractivity contribution >= 4 is 50.8 Å². The minimum atomic E-state index is -1.43. The lowest BCUT2D eigenvalue weighted by atomic mass is 9.72. The fraction of sp³-hybridized carbons (Fsp3) is 0.357. The van der Waals surface area contributed by atoms with Crippen molar-refractivity contribution < 1.29 is 22.2 Å². The summed E-state index contributed by atoms with van der Waals surface area (Å²) in [5, 5.41) is 3.23. The molecule has 0 spiro atoms. The average Bonchev–Trinajstić information content (AvgIpc) is 3.73. The molecule has 12 heteroatoms. The molecule has 0 bridgehead atoms. The average molecular weight is 751 g/mol. The van der Waals surface area contributed by atoms with Gasteiger partial charge in [0.1, 0.15) is 45.8 Å². The second-order valence-corrected chi connectivity index (χ2v) is 16.1. The van der Waals surface area contributed by atoms with E-state index in [1.807, 2.05) is 30.4 Å². The van der Waals surface area contributed by atoms with Crippen molar-refractivity contribution in [2.45, 2.75) is 45.7 Å². The van der Waals surface area contributed by atoms with Crippen molar-refractivity contribution in [3.63, 3.8) is 0 Å². The molecule has 0 saturated carbocycles. The number of nitrogens with one attached hydrogen (secondary N) is 1. The third-order valence-electron chi connectivity index (χ3n) is 11.1. The van der Waals surface area contributed by atoms with Crippen LogP contribution in [0.1, 0.15) is 55.6 Å². The van der Waals surface area contributed by atoms with Gasteiger partial charge in [0.15, 0.2) is 0 Å². The second kappa shape index (κ2) is 14.0. The van der Waals surface area contributed by atoms with E-state index in [1.165, 1.54) is 25.0 Å². The van der Waals surface area contributed by atoms with Gasteiger partial charge in [-0.3, -0.25) is 18.9 Å². The molecule has 4 aromatic rings. The molecule has 3 unspecified atom stereocenters. The van der Waals surface area contributed by atoms with Crippen molar-refractivity contribution in [3.8, 4) is 22.6 Å². The first-order valence-corrected chi connectivity index (χ1v) is 20.1. The number of amidine groups is 1. The van der Waals surface area contributed by atoms with Gasteiger partial charge in [-0.2, -0.15) is 0 Å². The molecule has 1 amide bonds. The maximum atomic E-state index is 15.5. The summed E-state index contributed by atoms with van der Waals surface area (Å²) in [4.78, 5) is 28.4. The third kappa shape index (κ3) is 6.09. The van der Waals surface area contributed by atoms with Gasteiger partial charge in [0.05, 0.1) is 40.8 Å². The Morgan fingerprint density at radius 2 is 1.85 bits per heavy atom. The van der Waals surface area contributed by atoms with Crippen LogP contribution < -0.4 is 9.62 Å². The van der Waals surface area contributed by atoms with E-state index in [2.05, 4.69) is 29.0 Å². The van der Waals surface area contributed by atoms with Gasteiger partial charge in [0.25, 0.3) is 5.91 Å². The van der Waals surface area contributed by atoms with Gasteiger partial charge < -0.3 is 9.73 Å². The Bertz CT molecular complexity index is 2300. The summed E-state index contributed by atoms with van der Waals surface area (Å²) in [6.45, 7) is 7.19. The number of aliphatic imine (C=N–C) groups is 1. The predicted molar refractivity (Wildman–Crippen MR) is 212 cm³/mol. The Labute approximate surface area is 316 Å². The zero-order valence-corrected chi connectivity index (χ0v) is 32.0. The van der Waals surface area contributed by atoms with E-state index in [0.29, 0.717) is 56.8 Å². The molecule has 1 fully saturated rings. The molecule has 2 aromatic carbocycles. The predicted octanol–water partition coefficient (Wildman–Crippen LogP) is 8.40. The highest BCUT2D eigenvalue weighted by Gasteiger charge is 2.45. The van der Waals surface area contributed by atoms with Crippen LogP contribution in [0.15, 0.2) is 87.9 Å². The smallest absolute Gasteiger partial charge is 0.255 e. The van der Waals surface area contributed by atoms with Crippen LogP contribution in [0, 0.1) is 17.2 Å². The summed E-state index contributed by atoms with van der Waals surface area (Å²) in [5.41, 5.74) is 6.24. The van der Waals surface area contributed by atoms with Gasteiger partial charge >= 0.3 is 0 Å². The molecule has 54 heavy (non-hydrogen) atoms. The fourth-order valence-electron chi connectivity index (χ4n) is 8.69. The Morgan fingerprint density at radius 3 is 2.54 bits per heavy atom. The first-order chi connectivity index (χ1) is 26.0. The highest BCUT2D eigenvalue weighted by atomic mass is 32.2. The van der Waals surface area contributed by atoms with Crippen LogP contribution in [-0.4, -0.2) is 76.9 Å². The normalized spacial score (nSPS) is 20.4. The lowest BCUT2D eigenvalue weighted by molar-refractivity contribution is -0.00382. The molecule has 280 valence electrons. The number of carbonyl (C=O) groups is 1. The number of pyridine rings is 1. The molecular weight excluding hydrogens is 707 g/mol. The van der Waals surface area contributed by atoms with E-state index in [-0.39, 0.29) is 17.2 Å². The number of aromatic nitrogens is 1. The number of hydrogen-bond acceptors (Lipinski definition) is 7. The lowest BCUT2D eigenvalue weighted by Crippen LogP contribution is -2.58. The van der Waals surface area contributed by atoms with Crippen LogP contribution in [0.4, 0.5) is 20.2 Å². The fourth-order valence-corrected chi connectivity index (χ4v) is 9.12. The van der Waals surface area contributed by atoms with Crippen LogP contribution in [0.5, 0.6) is 0 Å². The van der Waals surface area contributed by atoms with E-state index >= 15 is 4.39 Å². The molecule has 1 aliphatic carbocycles. The van der Waals surface area contributed by atoms with Crippen molar-refractivity contribution in [1.82, 2.24) is 20.1 Å². The van der Waals surface area contributed by atoms with Gasteiger partial charge in [-0.1, -0.05) is 32.8 Å². The van der Waals surface area contributed by atoms with Gasteiger partial charge in [0, 0.05) is 61.7 Å². The monoisotopic (exact) mass is 750 g/mol. The summed E-state index contributed by atoms with van der Waals surface area (Å²) in [6, 6.07) is 13.2. The summed E-state index contributed by atoms with van der Waals surface area (Å²) < 4.78 is 50.3. The highest BCUT2D eigenvalue weighted by Crippen LogP contribution is 2.48. The van der Waals surface area contributed by atoms with E-state index < -0.39 is 28.9 Å². The summed E-state index contributed by atoms with van der Waals surface area (Å²) in [5.74, 6) is -0.108. The number of allylic oxidation sites excluding steroid dienone is 4. The van der Waals surface area contributed by atoms with Crippen LogP contribution >= 0.6 is 0 Å². The quantitative estimate of drug-likeness (QED) is 0.166. The van der Waals surface area contributed by atoms with Crippen LogP contribution in [0.3, 0.4) is 0 Å². The van der Waals surface area contributed by atoms with Crippen molar-refractivity contribution in [1.29, 1.82) is 0 Å². The van der Waals surface area contributed by atoms with Crippen molar-refractivity contribution in [2.24, 2.45) is 16.3 Å². The first-order valence-electron chi connectivity index (χ1n) is 18.6. The van der Waals surface area contributed by atoms with Crippen LogP contribution in [0.25, 0.3) is 39.2 Å². The number of rotatable bonds is 11. The number of carbonyl (C=O) groups excluding carboxylic acids is 1. The van der Waals surface area contributed by atoms with Crippen LogP contribution in [0.2, 0.25) is 0 Å². The van der Waals surface area contributed by atoms with Crippen molar-refractivity contribution in [2.75, 3.05) is 44.3 Å². The number of nitrogens with zero attached hydrogens (tertiary/aromatic N) is 5. The van der Waals surface area contributed by atoms with Crippen LogP contribution in [-0.2, 0) is 11.0 Å². The molecule has 0 radical (unpaired) electrons. The second-order valence-electron chi connectivity index (χ2n) is 14.8. The topological polar surface area (TPSA) is 94.3 Å².